The Morgan fingerprint density at radius 3 is 2.76 bits per heavy atom. The summed E-state index contributed by atoms with van der Waals surface area (Å²) in [5.74, 6) is 0.848. The summed E-state index contributed by atoms with van der Waals surface area (Å²) in [4.78, 5) is 15.0. The summed E-state index contributed by atoms with van der Waals surface area (Å²) in [6.45, 7) is 2.86. The Labute approximate surface area is 148 Å². The molecule has 0 radical (unpaired) electrons. The van der Waals surface area contributed by atoms with Crippen LogP contribution in [0.4, 0.5) is 10.7 Å². The van der Waals surface area contributed by atoms with Crippen molar-refractivity contribution >= 4 is 42.9 Å². The maximum absolute atomic E-state index is 11.6. The minimum Gasteiger partial charge on any atom is -0.369 e. The third-order valence-corrected chi connectivity index (χ3v) is 6.60. The standard InChI is InChI=1S/C15H16N4O4S2/c1-10-17-11-5-3-4-6-12(11)18(10)8-7-16-15-13(19(20)21)9-14(24-15)25(2,22)23/h3-6,9,16H,7-8H2,1-2H3. The summed E-state index contributed by atoms with van der Waals surface area (Å²) in [6, 6.07) is 8.83. The number of imidazole rings is 1. The molecule has 132 valence electrons. The summed E-state index contributed by atoms with van der Waals surface area (Å²) in [5.41, 5.74) is 1.65. The van der Waals surface area contributed by atoms with Gasteiger partial charge in [0.2, 0.25) is 0 Å². The van der Waals surface area contributed by atoms with Crippen molar-refractivity contribution < 1.29 is 13.3 Å². The van der Waals surface area contributed by atoms with E-state index in [2.05, 4.69) is 10.3 Å². The van der Waals surface area contributed by atoms with Gasteiger partial charge in [-0.1, -0.05) is 23.5 Å². The van der Waals surface area contributed by atoms with E-state index in [1.807, 2.05) is 35.8 Å². The fourth-order valence-corrected chi connectivity index (χ4v) is 4.53. The first kappa shape index (κ1) is 17.4. The van der Waals surface area contributed by atoms with Crippen molar-refractivity contribution in [1.29, 1.82) is 0 Å². The molecule has 10 heteroatoms. The van der Waals surface area contributed by atoms with Gasteiger partial charge in [-0.05, 0) is 19.1 Å². The van der Waals surface area contributed by atoms with Crippen LogP contribution < -0.4 is 5.32 Å². The number of anilines is 1. The van der Waals surface area contributed by atoms with E-state index in [9.17, 15) is 18.5 Å². The van der Waals surface area contributed by atoms with Crippen LogP contribution in [0.2, 0.25) is 0 Å². The van der Waals surface area contributed by atoms with Gasteiger partial charge in [-0.3, -0.25) is 10.1 Å². The normalized spacial score (nSPS) is 11.8. The average molecular weight is 380 g/mol. The van der Waals surface area contributed by atoms with Gasteiger partial charge in [0, 0.05) is 25.4 Å². The molecule has 0 saturated carbocycles. The Morgan fingerprint density at radius 2 is 2.08 bits per heavy atom. The number of nitro groups is 1. The van der Waals surface area contributed by atoms with Gasteiger partial charge in [-0.15, -0.1) is 0 Å². The van der Waals surface area contributed by atoms with Gasteiger partial charge in [0.05, 0.1) is 16.0 Å². The van der Waals surface area contributed by atoms with Crippen LogP contribution in [0.25, 0.3) is 11.0 Å². The highest BCUT2D eigenvalue weighted by Crippen LogP contribution is 2.36. The predicted molar refractivity (Wildman–Crippen MR) is 97.0 cm³/mol. The SMILES string of the molecule is Cc1nc2ccccc2n1CCNc1sc(S(C)(=O)=O)cc1[N+](=O)[O-]. The van der Waals surface area contributed by atoms with E-state index >= 15 is 0 Å². The highest BCUT2D eigenvalue weighted by molar-refractivity contribution is 7.92. The average Bonchev–Trinajstić information content (AvgIpc) is 3.09. The van der Waals surface area contributed by atoms with Crippen LogP contribution in [0.15, 0.2) is 34.5 Å². The molecule has 25 heavy (non-hydrogen) atoms. The molecule has 8 nitrogen and oxygen atoms in total. The number of hydrogen-bond donors (Lipinski definition) is 1. The van der Waals surface area contributed by atoms with Gasteiger partial charge in [0.25, 0.3) is 0 Å². The predicted octanol–water partition coefficient (Wildman–Crippen LogP) is 2.83. The molecule has 0 amide bonds. The monoisotopic (exact) mass is 380 g/mol. The van der Waals surface area contributed by atoms with Gasteiger partial charge in [0.1, 0.15) is 10.0 Å². The second kappa shape index (κ2) is 6.45. The number of aryl methyl sites for hydroxylation is 1. The second-order valence-electron chi connectivity index (χ2n) is 5.54. The molecule has 0 atom stereocenters. The van der Waals surface area contributed by atoms with Crippen molar-refractivity contribution in [3.8, 4) is 0 Å². The van der Waals surface area contributed by atoms with Gasteiger partial charge < -0.3 is 9.88 Å². The van der Waals surface area contributed by atoms with Crippen molar-refractivity contribution in [3.05, 3.63) is 46.3 Å². The van der Waals surface area contributed by atoms with Gasteiger partial charge in [-0.2, -0.15) is 0 Å². The zero-order valence-corrected chi connectivity index (χ0v) is 15.2. The van der Waals surface area contributed by atoms with Crippen LogP contribution in [0.5, 0.6) is 0 Å². The Kier molecular flexibility index (Phi) is 4.48. The molecule has 2 aromatic heterocycles. The Bertz CT molecular complexity index is 1050. The van der Waals surface area contributed by atoms with Crippen molar-refractivity contribution in [3.63, 3.8) is 0 Å². The number of thiophene rings is 1. The van der Waals surface area contributed by atoms with E-state index in [0.29, 0.717) is 13.1 Å². The number of nitrogens with one attached hydrogen (secondary N) is 1. The van der Waals surface area contributed by atoms with E-state index in [4.69, 9.17) is 0 Å². The minimum absolute atomic E-state index is 0.0223. The number of nitrogens with zero attached hydrogens (tertiary/aromatic N) is 3. The molecule has 0 spiro atoms. The third kappa shape index (κ3) is 3.49. The second-order valence-corrected chi connectivity index (χ2v) is 8.83. The van der Waals surface area contributed by atoms with Gasteiger partial charge in [-0.25, -0.2) is 13.4 Å². The molecule has 3 rings (SSSR count). The first-order valence-electron chi connectivity index (χ1n) is 7.41. The molecule has 0 bridgehead atoms. The van der Waals surface area contributed by atoms with Gasteiger partial charge >= 0.3 is 5.69 Å². The van der Waals surface area contributed by atoms with Crippen molar-refractivity contribution in [1.82, 2.24) is 9.55 Å². The highest BCUT2D eigenvalue weighted by atomic mass is 32.2. The topological polar surface area (TPSA) is 107 Å². The Morgan fingerprint density at radius 1 is 1.36 bits per heavy atom. The summed E-state index contributed by atoms with van der Waals surface area (Å²) in [5, 5.41) is 14.4. The fourth-order valence-electron chi connectivity index (χ4n) is 2.56. The fraction of sp³-hybridized carbons (Fsp3) is 0.267. The van der Waals surface area contributed by atoms with E-state index in [1.54, 1.807) is 0 Å². The Balaban J connectivity index is 1.81. The maximum atomic E-state index is 11.6. The molecule has 3 aromatic rings. The number of fused-ring (bicyclic) bond motifs is 1. The molecule has 0 fully saturated rings. The molecule has 0 aliphatic rings. The number of hydrogen-bond acceptors (Lipinski definition) is 7. The quantitative estimate of drug-likeness (QED) is 0.520. The molecular weight excluding hydrogens is 364 g/mol. The Hall–Kier alpha value is -2.46. The van der Waals surface area contributed by atoms with E-state index in [0.717, 1.165) is 40.5 Å². The lowest BCUT2D eigenvalue weighted by Crippen LogP contribution is -2.11. The lowest BCUT2D eigenvalue weighted by molar-refractivity contribution is -0.383. The minimum atomic E-state index is -3.48. The molecule has 1 N–H and O–H groups in total. The zero-order chi connectivity index (χ0) is 18.2. The number of benzene rings is 1. The van der Waals surface area contributed by atoms with E-state index < -0.39 is 14.8 Å². The summed E-state index contributed by atoms with van der Waals surface area (Å²) < 4.78 is 25.2. The maximum Gasteiger partial charge on any atom is 0.304 e. The third-order valence-electron chi connectivity index (χ3n) is 3.72. The van der Waals surface area contributed by atoms with Crippen molar-refractivity contribution in [2.24, 2.45) is 0 Å². The summed E-state index contributed by atoms with van der Waals surface area (Å²) in [7, 11) is -3.48. The number of para-hydroxylation sites is 2. The molecular formula is C15H16N4O4S2. The molecule has 0 aliphatic heterocycles. The van der Waals surface area contributed by atoms with Crippen molar-refractivity contribution in [2.75, 3.05) is 18.1 Å². The zero-order valence-electron chi connectivity index (χ0n) is 13.6. The van der Waals surface area contributed by atoms with Crippen LogP contribution in [0.1, 0.15) is 5.82 Å². The van der Waals surface area contributed by atoms with Crippen LogP contribution in [0, 0.1) is 17.0 Å². The van der Waals surface area contributed by atoms with E-state index in [1.165, 1.54) is 0 Å². The molecule has 1 aromatic carbocycles. The molecule has 0 unspecified atom stereocenters. The lowest BCUT2D eigenvalue weighted by atomic mass is 10.3. The number of aromatic nitrogens is 2. The first-order valence-corrected chi connectivity index (χ1v) is 10.1. The van der Waals surface area contributed by atoms with Crippen LogP contribution in [0.3, 0.4) is 0 Å². The van der Waals surface area contributed by atoms with Gasteiger partial charge in [0.15, 0.2) is 14.8 Å². The smallest absolute Gasteiger partial charge is 0.304 e. The van der Waals surface area contributed by atoms with Crippen molar-refractivity contribution in [2.45, 2.75) is 17.7 Å². The highest BCUT2D eigenvalue weighted by Gasteiger charge is 2.23. The number of sulfone groups is 1. The largest absolute Gasteiger partial charge is 0.369 e. The van der Waals surface area contributed by atoms with Crippen LogP contribution in [-0.2, 0) is 16.4 Å². The van der Waals surface area contributed by atoms with E-state index in [-0.39, 0.29) is 14.9 Å². The molecule has 2 heterocycles. The summed E-state index contributed by atoms with van der Waals surface area (Å²) in [6.07, 6.45) is 1.04. The van der Waals surface area contributed by atoms with Crippen LogP contribution >= 0.6 is 11.3 Å². The molecule has 0 saturated heterocycles. The molecule has 0 aliphatic carbocycles. The first-order chi connectivity index (χ1) is 11.8. The number of rotatable bonds is 6. The lowest BCUT2D eigenvalue weighted by Gasteiger charge is -2.08. The summed E-state index contributed by atoms with van der Waals surface area (Å²) >= 11 is 0.874. The van der Waals surface area contributed by atoms with Crippen LogP contribution in [-0.4, -0.2) is 35.7 Å².